The average Bonchev–Trinajstić information content (AvgIpc) is 2.93. The van der Waals surface area contributed by atoms with Crippen molar-refractivity contribution in [2.45, 2.75) is 69.8 Å². The van der Waals surface area contributed by atoms with Crippen LogP contribution in [0.3, 0.4) is 0 Å². The quantitative estimate of drug-likeness (QED) is 0.281. The Bertz CT molecular complexity index is 1180. The van der Waals surface area contributed by atoms with E-state index in [9.17, 15) is 9.59 Å². The van der Waals surface area contributed by atoms with E-state index in [0.29, 0.717) is 23.7 Å². The van der Waals surface area contributed by atoms with Crippen LogP contribution < -0.4 is 5.32 Å². The minimum absolute atomic E-state index is 0.0539. The number of halogens is 1. The van der Waals surface area contributed by atoms with Crippen LogP contribution in [0.5, 0.6) is 0 Å². The van der Waals surface area contributed by atoms with Crippen LogP contribution in [0.25, 0.3) is 0 Å². The normalized spacial score (nSPS) is 14.6. The zero-order chi connectivity index (χ0) is 26.7. The molecular weight excluding hydrogens is 512 g/mol. The highest BCUT2D eigenvalue weighted by Gasteiger charge is 2.32. The van der Waals surface area contributed by atoms with E-state index in [2.05, 4.69) is 36.5 Å². The van der Waals surface area contributed by atoms with Crippen LogP contribution in [-0.2, 0) is 28.3 Å². The lowest BCUT2D eigenvalue weighted by Crippen LogP contribution is -2.53. The van der Waals surface area contributed by atoms with E-state index in [1.54, 1.807) is 16.7 Å². The van der Waals surface area contributed by atoms with E-state index in [-0.39, 0.29) is 17.9 Å². The third-order valence-corrected chi connectivity index (χ3v) is 8.49. The SMILES string of the molecule is Cc1ccc(CSCC(=O)N(Cc2ccccc2Cl)[C@@H](Cc2ccccc2)C(=O)NC2CCCCC2)cc1. The molecule has 38 heavy (non-hydrogen) atoms. The maximum Gasteiger partial charge on any atom is 0.243 e. The van der Waals surface area contributed by atoms with Crippen molar-refractivity contribution in [1.82, 2.24) is 10.2 Å². The topological polar surface area (TPSA) is 49.4 Å². The number of amides is 2. The van der Waals surface area contributed by atoms with Crippen molar-refractivity contribution < 1.29 is 9.59 Å². The maximum atomic E-state index is 13.8. The second-order valence-electron chi connectivity index (χ2n) is 10.1. The Balaban J connectivity index is 1.56. The summed E-state index contributed by atoms with van der Waals surface area (Å²) in [5.74, 6) is 0.899. The smallest absolute Gasteiger partial charge is 0.243 e. The number of aryl methyl sites for hydroxylation is 1. The lowest BCUT2D eigenvalue weighted by molar-refractivity contribution is -0.139. The molecule has 0 aromatic heterocycles. The van der Waals surface area contributed by atoms with Crippen LogP contribution in [-0.4, -0.2) is 34.6 Å². The summed E-state index contributed by atoms with van der Waals surface area (Å²) in [5.41, 5.74) is 4.27. The Kier molecular flexibility index (Phi) is 10.7. The first-order chi connectivity index (χ1) is 18.5. The zero-order valence-electron chi connectivity index (χ0n) is 22.1. The molecule has 0 saturated heterocycles. The summed E-state index contributed by atoms with van der Waals surface area (Å²) in [7, 11) is 0. The molecule has 3 aromatic rings. The molecule has 0 aliphatic heterocycles. The third kappa shape index (κ3) is 8.37. The molecule has 1 saturated carbocycles. The molecule has 1 fully saturated rings. The lowest BCUT2D eigenvalue weighted by atomic mass is 9.94. The van der Waals surface area contributed by atoms with Gasteiger partial charge in [0, 0.05) is 29.8 Å². The molecule has 0 unspecified atom stereocenters. The predicted octanol–water partition coefficient (Wildman–Crippen LogP) is 6.97. The average molecular weight is 549 g/mol. The van der Waals surface area contributed by atoms with Gasteiger partial charge in [-0.15, -0.1) is 11.8 Å². The van der Waals surface area contributed by atoms with Gasteiger partial charge in [-0.2, -0.15) is 0 Å². The molecule has 4 rings (SSSR count). The number of benzene rings is 3. The van der Waals surface area contributed by atoms with Crippen LogP contribution >= 0.6 is 23.4 Å². The monoisotopic (exact) mass is 548 g/mol. The fourth-order valence-corrected chi connectivity index (χ4v) is 6.00. The summed E-state index contributed by atoms with van der Waals surface area (Å²) in [6.07, 6.45) is 5.93. The minimum Gasteiger partial charge on any atom is -0.352 e. The number of rotatable bonds is 11. The summed E-state index contributed by atoms with van der Waals surface area (Å²) in [5, 5.41) is 3.89. The van der Waals surface area contributed by atoms with Crippen molar-refractivity contribution >= 4 is 35.2 Å². The molecular formula is C32H37ClN2O2S. The predicted molar refractivity (Wildman–Crippen MR) is 158 cm³/mol. The molecule has 200 valence electrons. The Morgan fingerprint density at radius 3 is 2.32 bits per heavy atom. The Hall–Kier alpha value is -2.76. The van der Waals surface area contributed by atoms with Crippen molar-refractivity contribution in [3.05, 3.63) is 106 Å². The largest absolute Gasteiger partial charge is 0.352 e. The molecule has 2 amide bonds. The number of nitrogens with zero attached hydrogens (tertiary/aromatic N) is 1. The molecule has 4 nitrogen and oxygen atoms in total. The van der Waals surface area contributed by atoms with Crippen LogP contribution in [0, 0.1) is 6.92 Å². The number of carbonyl (C=O) groups is 2. The minimum atomic E-state index is -0.622. The fourth-order valence-electron chi connectivity index (χ4n) is 4.93. The summed E-state index contributed by atoms with van der Waals surface area (Å²) in [6, 6.07) is 25.5. The second kappa shape index (κ2) is 14.4. The van der Waals surface area contributed by atoms with E-state index >= 15 is 0 Å². The Morgan fingerprint density at radius 2 is 1.61 bits per heavy atom. The first kappa shape index (κ1) is 28.3. The van der Waals surface area contributed by atoms with Crippen LogP contribution in [0.4, 0.5) is 0 Å². The second-order valence-corrected chi connectivity index (χ2v) is 11.5. The fraction of sp³-hybridized carbons (Fsp3) is 0.375. The highest BCUT2D eigenvalue weighted by Crippen LogP contribution is 2.23. The Labute approximate surface area is 236 Å². The molecule has 1 aliphatic rings. The number of hydrogen-bond acceptors (Lipinski definition) is 3. The summed E-state index contributed by atoms with van der Waals surface area (Å²) < 4.78 is 0. The van der Waals surface area contributed by atoms with Gasteiger partial charge in [-0.05, 0) is 42.5 Å². The van der Waals surface area contributed by atoms with Gasteiger partial charge in [0.25, 0.3) is 0 Å². The van der Waals surface area contributed by atoms with Crippen LogP contribution in [0.15, 0.2) is 78.9 Å². The van der Waals surface area contributed by atoms with Gasteiger partial charge in [-0.3, -0.25) is 9.59 Å². The van der Waals surface area contributed by atoms with Gasteiger partial charge in [-0.25, -0.2) is 0 Å². The van der Waals surface area contributed by atoms with Crippen molar-refractivity contribution in [2.75, 3.05) is 5.75 Å². The molecule has 0 spiro atoms. The van der Waals surface area contributed by atoms with E-state index < -0.39 is 6.04 Å². The van der Waals surface area contributed by atoms with Gasteiger partial charge in [0.2, 0.25) is 11.8 Å². The molecule has 0 radical (unpaired) electrons. The summed E-state index contributed by atoms with van der Waals surface area (Å²) in [6.45, 7) is 2.36. The van der Waals surface area contributed by atoms with Gasteiger partial charge in [-0.1, -0.05) is 109 Å². The number of nitrogens with one attached hydrogen (secondary N) is 1. The molecule has 1 aliphatic carbocycles. The standard InChI is InChI=1S/C32H37ClN2O2S/c1-24-16-18-26(19-17-24)22-38-23-31(36)35(21-27-12-8-9-15-29(27)33)30(20-25-10-4-2-5-11-25)32(37)34-28-13-6-3-7-14-28/h2,4-5,8-12,15-19,28,30H,3,6-7,13-14,20-23H2,1H3,(H,34,37)/t30-/m0/s1. The van der Waals surface area contributed by atoms with Crippen molar-refractivity contribution in [2.24, 2.45) is 0 Å². The molecule has 0 bridgehead atoms. The highest BCUT2D eigenvalue weighted by atomic mass is 35.5. The maximum absolute atomic E-state index is 13.8. The molecule has 6 heteroatoms. The van der Waals surface area contributed by atoms with Gasteiger partial charge in [0.15, 0.2) is 0 Å². The molecule has 3 aromatic carbocycles. The van der Waals surface area contributed by atoms with Crippen LogP contribution in [0.2, 0.25) is 5.02 Å². The van der Waals surface area contributed by atoms with Gasteiger partial charge in [0.05, 0.1) is 5.75 Å². The molecule has 1 atom stereocenters. The number of carbonyl (C=O) groups excluding carboxylic acids is 2. The van der Waals surface area contributed by atoms with Gasteiger partial charge in [0.1, 0.15) is 6.04 Å². The number of thioether (sulfide) groups is 1. The van der Waals surface area contributed by atoms with Crippen molar-refractivity contribution in [3.8, 4) is 0 Å². The van der Waals surface area contributed by atoms with Crippen molar-refractivity contribution in [1.29, 1.82) is 0 Å². The zero-order valence-corrected chi connectivity index (χ0v) is 23.6. The van der Waals surface area contributed by atoms with Gasteiger partial charge >= 0.3 is 0 Å². The number of hydrogen-bond donors (Lipinski definition) is 1. The lowest BCUT2D eigenvalue weighted by Gasteiger charge is -2.33. The van der Waals surface area contributed by atoms with E-state index in [0.717, 1.165) is 42.6 Å². The highest BCUT2D eigenvalue weighted by molar-refractivity contribution is 7.99. The Morgan fingerprint density at radius 1 is 0.921 bits per heavy atom. The molecule has 0 heterocycles. The van der Waals surface area contributed by atoms with Crippen molar-refractivity contribution in [3.63, 3.8) is 0 Å². The van der Waals surface area contributed by atoms with E-state index in [4.69, 9.17) is 11.6 Å². The molecule has 1 N–H and O–H groups in total. The third-order valence-electron chi connectivity index (χ3n) is 7.14. The van der Waals surface area contributed by atoms with E-state index in [1.807, 2.05) is 54.6 Å². The first-order valence-corrected chi connectivity index (χ1v) is 15.0. The van der Waals surface area contributed by atoms with Crippen LogP contribution in [0.1, 0.15) is 54.4 Å². The summed E-state index contributed by atoms with van der Waals surface area (Å²) in [4.78, 5) is 29.4. The van der Waals surface area contributed by atoms with E-state index in [1.165, 1.54) is 17.5 Å². The first-order valence-electron chi connectivity index (χ1n) is 13.5. The summed E-state index contributed by atoms with van der Waals surface area (Å²) >= 11 is 8.11. The van der Waals surface area contributed by atoms with Gasteiger partial charge < -0.3 is 10.2 Å².